The summed E-state index contributed by atoms with van der Waals surface area (Å²) in [4.78, 5) is 19.9. The smallest absolute Gasteiger partial charge is 0.310 e. The SMILES string of the molecule is CCOC(=O)C1CCCN(CCON=C(c2ccc(F)cc2C)c2ccc(F)cc2C)C1. The van der Waals surface area contributed by atoms with Crippen LogP contribution in [0.1, 0.15) is 42.0 Å². The largest absolute Gasteiger partial charge is 0.466 e. The van der Waals surface area contributed by atoms with Crippen LogP contribution in [0.3, 0.4) is 0 Å². The van der Waals surface area contributed by atoms with Crippen LogP contribution in [0, 0.1) is 31.4 Å². The molecule has 2 aromatic carbocycles. The van der Waals surface area contributed by atoms with Gasteiger partial charge in [-0.1, -0.05) is 5.16 Å². The van der Waals surface area contributed by atoms with Crippen LogP contribution in [0.25, 0.3) is 0 Å². The molecule has 1 unspecified atom stereocenters. The number of benzene rings is 2. The lowest BCUT2D eigenvalue weighted by atomic mass is 9.95. The summed E-state index contributed by atoms with van der Waals surface area (Å²) in [5, 5.41) is 4.37. The number of esters is 1. The highest BCUT2D eigenvalue weighted by Gasteiger charge is 2.26. The molecule has 172 valence electrons. The van der Waals surface area contributed by atoms with Gasteiger partial charge in [0.05, 0.1) is 12.5 Å². The molecule has 1 aliphatic rings. The summed E-state index contributed by atoms with van der Waals surface area (Å²) in [6.45, 7) is 8.30. The first-order chi connectivity index (χ1) is 15.4. The number of hydrogen-bond donors (Lipinski definition) is 0. The fraction of sp³-hybridized carbons (Fsp3) is 0.440. The second kappa shape index (κ2) is 11.2. The van der Waals surface area contributed by atoms with Gasteiger partial charge in [-0.15, -0.1) is 0 Å². The number of ether oxygens (including phenoxy) is 1. The van der Waals surface area contributed by atoms with Gasteiger partial charge >= 0.3 is 5.97 Å². The van der Waals surface area contributed by atoms with Crippen molar-refractivity contribution < 1.29 is 23.1 Å². The molecule has 1 saturated heterocycles. The monoisotopic (exact) mass is 444 g/mol. The molecular formula is C25H30F2N2O3. The Morgan fingerprint density at radius 3 is 2.28 bits per heavy atom. The molecular weight excluding hydrogens is 414 g/mol. The quantitative estimate of drug-likeness (QED) is 0.258. The molecule has 0 spiro atoms. The molecule has 1 atom stereocenters. The van der Waals surface area contributed by atoms with Crippen LogP contribution < -0.4 is 0 Å². The van der Waals surface area contributed by atoms with Crippen molar-refractivity contribution in [3.8, 4) is 0 Å². The van der Waals surface area contributed by atoms with E-state index in [2.05, 4.69) is 10.1 Å². The average Bonchev–Trinajstić information content (AvgIpc) is 2.75. The van der Waals surface area contributed by atoms with Crippen molar-refractivity contribution in [1.82, 2.24) is 4.90 Å². The predicted octanol–water partition coefficient (Wildman–Crippen LogP) is 4.63. The lowest BCUT2D eigenvalue weighted by Gasteiger charge is -2.30. The lowest BCUT2D eigenvalue weighted by molar-refractivity contribution is -0.150. The molecule has 0 saturated carbocycles. The van der Waals surface area contributed by atoms with Crippen molar-refractivity contribution in [3.05, 3.63) is 70.3 Å². The van der Waals surface area contributed by atoms with Crippen molar-refractivity contribution in [2.75, 3.05) is 32.8 Å². The zero-order valence-corrected chi connectivity index (χ0v) is 18.9. The highest BCUT2D eigenvalue weighted by Crippen LogP contribution is 2.21. The molecule has 1 aliphatic heterocycles. The Morgan fingerprint density at radius 1 is 1.09 bits per heavy atom. The van der Waals surface area contributed by atoms with Crippen LogP contribution in [0.4, 0.5) is 8.78 Å². The molecule has 0 bridgehead atoms. The minimum absolute atomic E-state index is 0.105. The number of piperidine rings is 1. The van der Waals surface area contributed by atoms with E-state index in [0.717, 1.165) is 30.5 Å². The molecule has 0 N–H and O–H groups in total. The Balaban J connectivity index is 1.72. The van der Waals surface area contributed by atoms with Gasteiger partial charge in [-0.25, -0.2) is 8.78 Å². The van der Waals surface area contributed by atoms with Crippen molar-refractivity contribution in [2.24, 2.45) is 11.1 Å². The molecule has 7 heteroatoms. The number of likely N-dealkylation sites (tertiary alicyclic amines) is 1. The molecule has 32 heavy (non-hydrogen) atoms. The van der Waals surface area contributed by atoms with Gasteiger partial charge in [0.1, 0.15) is 24.0 Å². The molecule has 0 radical (unpaired) electrons. The Hall–Kier alpha value is -2.80. The van der Waals surface area contributed by atoms with Crippen molar-refractivity contribution >= 4 is 11.7 Å². The van der Waals surface area contributed by atoms with Crippen molar-refractivity contribution in [2.45, 2.75) is 33.6 Å². The van der Waals surface area contributed by atoms with Crippen molar-refractivity contribution in [3.63, 3.8) is 0 Å². The van der Waals surface area contributed by atoms with Gasteiger partial charge in [0.25, 0.3) is 0 Å². The molecule has 1 heterocycles. The molecule has 5 nitrogen and oxygen atoms in total. The molecule has 1 fully saturated rings. The highest BCUT2D eigenvalue weighted by atomic mass is 19.1. The summed E-state index contributed by atoms with van der Waals surface area (Å²) < 4.78 is 32.4. The number of rotatable bonds is 8. The standard InChI is InChI=1S/C25H30F2N2O3/c1-4-31-25(30)19-6-5-11-29(16-19)12-13-32-28-24(22-9-7-20(26)14-17(22)2)23-10-8-21(27)15-18(23)3/h7-10,14-15,19H,4-6,11-13,16H2,1-3H3. The molecule has 0 amide bonds. The highest BCUT2D eigenvalue weighted by molar-refractivity contribution is 6.14. The Morgan fingerprint density at radius 2 is 1.72 bits per heavy atom. The van der Waals surface area contributed by atoms with Gasteiger partial charge in [0, 0.05) is 24.2 Å². The third kappa shape index (κ3) is 6.13. The topological polar surface area (TPSA) is 51.1 Å². The van der Waals surface area contributed by atoms with Gasteiger partial charge < -0.3 is 9.57 Å². The second-order valence-electron chi connectivity index (χ2n) is 8.08. The molecule has 2 aromatic rings. The predicted molar refractivity (Wildman–Crippen MR) is 120 cm³/mol. The van der Waals surface area contributed by atoms with E-state index in [-0.39, 0.29) is 23.5 Å². The van der Waals surface area contributed by atoms with E-state index >= 15 is 0 Å². The zero-order valence-electron chi connectivity index (χ0n) is 18.9. The minimum atomic E-state index is -0.330. The first-order valence-electron chi connectivity index (χ1n) is 11.0. The van der Waals surface area contributed by atoms with E-state index in [0.29, 0.717) is 43.1 Å². The molecule has 0 aromatic heterocycles. The lowest BCUT2D eigenvalue weighted by Crippen LogP contribution is -2.40. The molecule has 3 rings (SSSR count). The van der Waals surface area contributed by atoms with Gasteiger partial charge in [-0.05, 0) is 87.7 Å². The van der Waals surface area contributed by atoms with E-state index in [1.54, 1.807) is 26.0 Å². The number of aryl methyl sites for hydroxylation is 2. The van der Waals surface area contributed by atoms with Crippen LogP contribution in [-0.2, 0) is 14.4 Å². The average molecular weight is 445 g/mol. The third-order valence-corrected chi connectivity index (χ3v) is 5.67. The van der Waals surface area contributed by atoms with Crippen LogP contribution >= 0.6 is 0 Å². The van der Waals surface area contributed by atoms with Crippen LogP contribution in [0.15, 0.2) is 41.6 Å². The van der Waals surface area contributed by atoms with Crippen LogP contribution in [0.2, 0.25) is 0 Å². The first kappa shape index (κ1) is 23.9. The van der Waals surface area contributed by atoms with Gasteiger partial charge in [-0.3, -0.25) is 9.69 Å². The fourth-order valence-electron chi connectivity index (χ4n) is 4.02. The van der Waals surface area contributed by atoms with Gasteiger partial charge in [0.15, 0.2) is 0 Å². The number of nitrogens with zero attached hydrogens (tertiary/aromatic N) is 2. The second-order valence-corrected chi connectivity index (χ2v) is 8.08. The maximum absolute atomic E-state index is 13.6. The summed E-state index contributed by atoms with van der Waals surface area (Å²) >= 11 is 0. The minimum Gasteiger partial charge on any atom is -0.466 e. The number of hydrogen-bond acceptors (Lipinski definition) is 5. The summed E-state index contributed by atoms with van der Waals surface area (Å²) in [6, 6.07) is 8.94. The van der Waals surface area contributed by atoms with E-state index in [9.17, 15) is 13.6 Å². The Kier molecular flexibility index (Phi) is 8.33. The summed E-state index contributed by atoms with van der Waals surface area (Å²) in [5.41, 5.74) is 3.40. The van der Waals surface area contributed by atoms with E-state index in [1.165, 1.54) is 24.3 Å². The first-order valence-corrected chi connectivity index (χ1v) is 11.0. The van der Waals surface area contributed by atoms with Crippen LogP contribution in [-0.4, -0.2) is 49.4 Å². The van der Waals surface area contributed by atoms with Gasteiger partial charge in [-0.2, -0.15) is 0 Å². The van der Waals surface area contributed by atoms with Crippen molar-refractivity contribution in [1.29, 1.82) is 0 Å². The number of carbonyl (C=O) groups is 1. The summed E-state index contributed by atoms with van der Waals surface area (Å²) in [7, 11) is 0. The maximum atomic E-state index is 13.6. The zero-order chi connectivity index (χ0) is 23.1. The number of halogens is 2. The number of oxime groups is 1. The fourth-order valence-corrected chi connectivity index (χ4v) is 4.02. The Bertz CT molecular complexity index is 924. The number of carbonyl (C=O) groups excluding carboxylic acids is 1. The summed E-state index contributed by atoms with van der Waals surface area (Å²) in [6.07, 6.45) is 1.77. The Labute approximate surface area is 188 Å². The summed E-state index contributed by atoms with van der Waals surface area (Å²) in [5.74, 6) is -0.907. The van der Waals surface area contributed by atoms with Crippen LogP contribution in [0.5, 0.6) is 0 Å². The maximum Gasteiger partial charge on any atom is 0.310 e. The molecule has 0 aliphatic carbocycles. The van der Waals surface area contributed by atoms with E-state index < -0.39 is 0 Å². The third-order valence-electron chi connectivity index (χ3n) is 5.67. The van der Waals surface area contributed by atoms with E-state index in [4.69, 9.17) is 9.57 Å². The normalized spacial score (nSPS) is 16.5. The van der Waals surface area contributed by atoms with Gasteiger partial charge in [0.2, 0.25) is 0 Å². The van der Waals surface area contributed by atoms with E-state index in [1.807, 2.05) is 6.92 Å².